The average Bonchev–Trinajstić information content (AvgIpc) is 3.31. The molecular formula is C24H24N4O5S. The van der Waals surface area contributed by atoms with Crippen LogP contribution in [0.15, 0.2) is 50.9 Å². The molecule has 1 aliphatic heterocycles. The van der Waals surface area contributed by atoms with Crippen LogP contribution in [0, 0.1) is 6.92 Å². The van der Waals surface area contributed by atoms with Crippen molar-refractivity contribution in [3.8, 4) is 17.1 Å². The van der Waals surface area contributed by atoms with Gasteiger partial charge in [-0.1, -0.05) is 12.1 Å². The molecule has 0 unspecified atom stereocenters. The molecule has 34 heavy (non-hydrogen) atoms. The zero-order chi connectivity index (χ0) is 24.1. The summed E-state index contributed by atoms with van der Waals surface area (Å²) in [6.07, 6.45) is 1.91. The molecule has 0 atom stereocenters. The fourth-order valence-corrected chi connectivity index (χ4v) is 4.01. The summed E-state index contributed by atoms with van der Waals surface area (Å²) < 4.78 is 21.0. The number of hydrogen-bond donors (Lipinski definition) is 0. The Labute approximate surface area is 201 Å². The minimum absolute atomic E-state index is 0.229. The normalized spacial score (nSPS) is 13.9. The van der Waals surface area contributed by atoms with E-state index < -0.39 is 6.09 Å². The number of methoxy groups -OCH3 is 1. The molecule has 0 N–H and O–H groups in total. The van der Waals surface area contributed by atoms with Crippen LogP contribution < -0.4 is 4.74 Å². The van der Waals surface area contributed by atoms with E-state index in [2.05, 4.69) is 22.1 Å². The van der Waals surface area contributed by atoms with Crippen molar-refractivity contribution in [2.24, 2.45) is 9.98 Å². The SMILES string of the molecule is CCc1cc(C(=Nc2ccc(-c3noc(C)n3)cc2)/C(=N/C(=O)OC)SC)cc2c1OCOC2. The van der Waals surface area contributed by atoms with Crippen molar-refractivity contribution < 1.29 is 23.5 Å². The zero-order valence-electron chi connectivity index (χ0n) is 19.3. The second-order valence-electron chi connectivity index (χ2n) is 7.32. The van der Waals surface area contributed by atoms with E-state index in [1.165, 1.54) is 18.9 Å². The molecule has 0 aliphatic carbocycles. The lowest BCUT2D eigenvalue weighted by Gasteiger charge is -2.22. The molecule has 0 spiro atoms. The van der Waals surface area contributed by atoms with Crippen LogP contribution in [0.5, 0.6) is 5.75 Å². The quantitative estimate of drug-likeness (QED) is 0.366. The van der Waals surface area contributed by atoms with Gasteiger partial charge < -0.3 is 18.7 Å². The molecule has 0 fully saturated rings. The lowest BCUT2D eigenvalue weighted by molar-refractivity contribution is -0.0170. The summed E-state index contributed by atoms with van der Waals surface area (Å²) in [5, 5.41) is 4.38. The first-order valence-electron chi connectivity index (χ1n) is 10.6. The van der Waals surface area contributed by atoms with Gasteiger partial charge in [0.15, 0.2) is 6.79 Å². The standard InChI is InChI=1S/C24H24N4O5S/c1-5-15-10-17(11-18-12-31-13-32-21(15)18)20(23(34-4)27-24(29)30-3)26-19-8-6-16(7-9-19)22-25-14(2)33-28-22/h6-11H,5,12-13H2,1-4H3/b26-20?,27-23-. The van der Waals surface area contributed by atoms with Crippen LogP contribution >= 0.6 is 11.8 Å². The third-order valence-corrected chi connectivity index (χ3v) is 5.77. The molecule has 176 valence electrons. The number of carbonyl (C=O) groups is 1. The minimum atomic E-state index is -0.694. The summed E-state index contributed by atoms with van der Waals surface area (Å²) in [7, 11) is 1.29. The van der Waals surface area contributed by atoms with Crippen LogP contribution in [0.1, 0.15) is 29.5 Å². The topological polar surface area (TPSA) is 108 Å². The number of carbonyl (C=O) groups excluding carboxylic acids is 1. The van der Waals surface area contributed by atoms with Crippen molar-refractivity contribution in [3.05, 3.63) is 59.0 Å². The fraction of sp³-hybridized carbons (Fsp3) is 0.292. The molecule has 1 amide bonds. The number of nitrogens with zero attached hydrogens (tertiary/aromatic N) is 4. The molecule has 3 aromatic rings. The van der Waals surface area contributed by atoms with Crippen LogP contribution in [-0.2, 0) is 22.5 Å². The van der Waals surface area contributed by atoms with Crippen molar-refractivity contribution in [1.29, 1.82) is 0 Å². The van der Waals surface area contributed by atoms with E-state index >= 15 is 0 Å². The van der Waals surface area contributed by atoms with E-state index in [1.807, 2.05) is 42.7 Å². The number of fused-ring (bicyclic) bond motifs is 1. The van der Waals surface area contributed by atoms with Crippen LogP contribution in [0.3, 0.4) is 0 Å². The lowest BCUT2D eigenvalue weighted by atomic mass is 9.99. The molecular weight excluding hydrogens is 456 g/mol. The number of hydrogen-bond acceptors (Lipinski definition) is 9. The van der Waals surface area contributed by atoms with E-state index in [9.17, 15) is 4.79 Å². The van der Waals surface area contributed by atoms with Gasteiger partial charge in [0, 0.05) is 23.6 Å². The van der Waals surface area contributed by atoms with E-state index in [0.29, 0.717) is 34.8 Å². The predicted molar refractivity (Wildman–Crippen MR) is 130 cm³/mol. The van der Waals surface area contributed by atoms with Crippen molar-refractivity contribution in [2.45, 2.75) is 26.9 Å². The summed E-state index contributed by atoms with van der Waals surface area (Å²) in [6, 6.07) is 11.4. The number of aryl methyl sites for hydroxylation is 2. The molecule has 1 aromatic heterocycles. The van der Waals surface area contributed by atoms with E-state index in [-0.39, 0.29) is 6.79 Å². The number of benzene rings is 2. The van der Waals surface area contributed by atoms with Crippen LogP contribution in [0.4, 0.5) is 10.5 Å². The molecule has 0 saturated carbocycles. The van der Waals surface area contributed by atoms with Crippen LogP contribution in [-0.4, -0.2) is 47.1 Å². The maximum absolute atomic E-state index is 12.0. The van der Waals surface area contributed by atoms with Gasteiger partial charge in [0.2, 0.25) is 11.7 Å². The lowest BCUT2D eigenvalue weighted by Crippen LogP contribution is -2.18. The van der Waals surface area contributed by atoms with Gasteiger partial charge in [0.1, 0.15) is 16.5 Å². The molecule has 1 aliphatic rings. The molecule has 10 heteroatoms. The highest BCUT2D eigenvalue weighted by Crippen LogP contribution is 2.32. The van der Waals surface area contributed by atoms with Crippen molar-refractivity contribution in [3.63, 3.8) is 0 Å². The number of ether oxygens (including phenoxy) is 3. The largest absolute Gasteiger partial charge is 0.467 e. The van der Waals surface area contributed by atoms with Crippen LogP contribution in [0.2, 0.25) is 0 Å². The van der Waals surface area contributed by atoms with Gasteiger partial charge in [-0.05, 0) is 54.6 Å². The van der Waals surface area contributed by atoms with E-state index in [4.69, 9.17) is 23.7 Å². The highest BCUT2D eigenvalue weighted by molar-refractivity contribution is 8.15. The monoisotopic (exact) mass is 480 g/mol. The van der Waals surface area contributed by atoms with E-state index in [0.717, 1.165) is 34.4 Å². The number of rotatable bonds is 5. The van der Waals surface area contributed by atoms with Crippen molar-refractivity contribution >= 4 is 34.3 Å². The summed E-state index contributed by atoms with van der Waals surface area (Å²) in [5.74, 6) is 1.84. The molecule has 0 saturated heterocycles. The minimum Gasteiger partial charge on any atom is -0.467 e. The number of aromatic nitrogens is 2. The van der Waals surface area contributed by atoms with Crippen molar-refractivity contribution in [2.75, 3.05) is 20.2 Å². The Hall–Kier alpha value is -3.50. The molecule has 2 aromatic carbocycles. The van der Waals surface area contributed by atoms with Gasteiger partial charge in [0.05, 0.1) is 19.4 Å². The molecule has 9 nitrogen and oxygen atoms in total. The first kappa shape index (κ1) is 23.7. The van der Waals surface area contributed by atoms with Gasteiger partial charge in [-0.3, -0.25) is 0 Å². The number of aliphatic imine (C=N–C) groups is 2. The fourth-order valence-electron chi connectivity index (χ4n) is 3.49. The van der Waals surface area contributed by atoms with Gasteiger partial charge in [-0.2, -0.15) is 9.98 Å². The average molecular weight is 481 g/mol. The van der Waals surface area contributed by atoms with Gasteiger partial charge in [-0.25, -0.2) is 9.79 Å². The number of thioether (sulfide) groups is 1. The third-order valence-electron chi connectivity index (χ3n) is 5.10. The van der Waals surface area contributed by atoms with Crippen LogP contribution in [0.25, 0.3) is 11.4 Å². The molecule has 0 bridgehead atoms. The predicted octanol–water partition coefficient (Wildman–Crippen LogP) is 5.12. The Balaban J connectivity index is 1.81. The first-order valence-corrected chi connectivity index (χ1v) is 11.8. The highest BCUT2D eigenvalue weighted by Gasteiger charge is 2.21. The smallest absolute Gasteiger partial charge is 0.434 e. The maximum Gasteiger partial charge on any atom is 0.434 e. The Morgan fingerprint density at radius 3 is 2.68 bits per heavy atom. The zero-order valence-corrected chi connectivity index (χ0v) is 20.1. The third kappa shape index (κ3) is 5.18. The number of amides is 1. The molecule has 0 radical (unpaired) electrons. The molecule has 4 rings (SSSR count). The summed E-state index contributed by atoms with van der Waals surface area (Å²) in [6.45, 7) is 4.47. The summed E-state index contributed by atoms with van der Waals surface area (Å²) in [5.41, 5.74) is 4.79. The second kappa shape index (κ2) is 10.6. The second-order valence-corrected chi connectivity index (χ2v) is 8.12. The Kier molecular flexibility index (Phi) is 7.39. The van der Waals surface area contributed by atoms with Gasteiger partial charge in [0.25, 0.3) is 0 Å². The van der Waals surface area contributed by atoms with E-state index in [1.54, 1.807) is 6.92 Å². The van der Waals surface area contributed by atoms with Gasteiger partial charge >= 0.3 is 6.09 Å². The molecule has 2 heterocycles. The Morgan fingerprint density at radius 2 is 2.03 bits per heavy atom. The first-order chi connectivity index (χ1) is 16.5. The Bertz CT molecular complexity index is 1230. The summed E-state index contributed by atoms with van der Waals surface area (Å²) >= 11 is 1.31. The van der Waals surface area contributed by atoms with Gasteiger partial charge in [-0.15, -0.1) is 11.8 Å². The maximum atomic E-state index is 12.0. The highest BCUT2D eigenvalue weighted by atomic mass is 32.2. The van der Waals surface area contributed by atoms with Crippen molar-refractivity contribution in [1.82, 2.24) is 10.1 Å². The Morgan fingerprint density at radius 1 is 1.24 bits per heavy atom. The summed E-state index contributed by atoms with van der Waals surface area (Å²) in [4.78, 5) is 25.2.